The molecule has 4 heteroatoms. The minimum Gasteiger partial charge on any atom is -0.342 e. The molecule has 0 unspecified atom stereocenters. The van der Waals surface area contributed by atoms with Crippen LogP contribution >= 0.6 is 0 Å². The number of nitrogens with zero attached hydrogens (tertiary/aromatic N) is 1. The van der Waals surface area contributed by atoms with Crippen LogP contribution < -0.4 is 5.32 Å². The Bertz CT molecular complexity index is 241. The van der Waals surface area contributed by atoms with Crippen molar-refractivity contribution in [3.63, 3.8) is 0 Å². The summed E-state index contributed by atoms with van der Waals surface area (Å²) in [6.45, 7) is 3.07. The van der Waals surface area contributed by atoms with Crippen LogP contribution in [0.2, 0.25) is 0 Å². The molecule has 2 saturated heterocycles. The third-order valence-electron chi connectivity index (χ3n) is 3.74. The van der Waals surface area contributed by atoms with Crippen LogP contribution in [0.1, 0.15) is 25.7 Å². The number of hydrogen-bond donors (Lipinski definition) is 1. The number of rotatable bonds is 2. The number of nitrogens with one attached hydrogen (secondary N) is 1. The van der Waals surface area contributed by atoms with Crippen molar-refractivity contribution in [2.75, 3.05) is 32.9 Å². The maximum atomic E-state index is 12.6. The lowest BCUT2D eigenvalue weighted by Crippen LogP contribution is -2.45. The number of alkyl halides is 1. The van der Waals surface area contributed by atoms with Gasteiger partial charge in [-0.2, -0.15) is 0 Å². The van der Waals surface area contributed by atoms with Gasteiger partial charge in [-0.15, -0.1) is 0 Å². The SMILES string of the molecule is O=C(C1CCNCC1)N1CCC[C@H](CF)C1. The Morgan fingerprint density at radius 1 is 1.31 bits per heavy atom. The highest BCUT2D eigenvalue weighted by Crippen LogP contribution is 2.21. The van der Waals surface area contributed by atoms with Gasteiger partial charge < -0.3 is 10.2 Å². The molecule has 3 nitrogen and oxygen atoms in total. The van der Waals surface area contributed by atoms with Crippen LogP contribution in [0.3, 0.4) is 0 Å². The van der Waals surface area contributed by atoms with Crippen LogP contribution in [-0.4, -0.2) is 43.7 Å². The van der Waals surface area contributed by atoms with E-state index in [-0.39, 0.29) is 24.4 Å². The molecule has 2 aliphatic rings. The zero-order valence-electron chi connectivity index (χ0n) is 9.75. The quantitative estimate of drug-likeness (QED) is 0.770. The first kappa shape index (κ1) is 11.8. The molecule has 1 atom stereocenters. The predicted octanol–water partition coefficient (Wildman–Crippen LogP) is 1.19. The standard InChI is InChI=1S/C12H21FN2O/c13-8-10-2-1-7-15(9-10)12(16)11-3-5-14-6-4-11/h10-11,14H,1-9H2/t10-/m1/s1. The van der Waals surface area contributed by atoms with Gasteiger partial charge in [0, 0.05) is 24.9 Å². The van der Waals surface area contributed by atoms with Crippen molar-refractivity contribution in [1.29, 1.82) is 0 Å². The summed E-state index contributed by atoms with van der Waals surface area (Å²) in [4.78, 5) is 14.1. The Morgan fingerprint density at radius 2 is 2.06 bits per heavy atom. The zero-order valence-corrected chi connectivity index (χ0v) is 9.75. The zero-order chi connectivity index (χ0) is 11.4. The molecule has 0 spiro atoms. The Morgan fingerprint density at radius 3 is 2.75 bits per heavy atom. The molecule has 0 aromatic heterocycles. The third-order valence-corrected chi connectivity index (χ3v) is 3.74. The molecule has 0 radical (unpaired) electrons. The highest BCUT2D eigenvalue weighted by molar-refractivity contribution is 5.79. The molecule has 2 fully saturated rings. The highest BCUT2D eigenvalue weighted by atomic mass is 19.1. The maximum Gasteiger partial charge on any atom is 0.225 e. The summed E-state index contributed by atoms with van der Waals surface area (Å²) in [5.41, 5.74) is 0. The summed E-state index contributed by atoms with van der Waals surface area (Å²) in [7, 11) is 0. The minimum absolute atomic E-state index is 0.0828. The summed E-state index contributed by atoms with van der Waals surface area (Å²) < 4.78 is 12.6. The fourth-order valence-electron chi connectivity index (χ4n) is 2.72. The van der Waals surface area contributed by atoms with Gasteiger partial charge in [-0.3, -0.25) is 9.18 Å². The molecule has 0 aromatic carbocycles. The van der Waals surface area contributed by atoms with E-state index < -0.39 is 0 Å². The summed E-state index contributed by atoms with van der Waals surface area (Å²) in [5.74, 6) is 0.527. The molecular weight excluding hydrogens is 207 g/mol. The van der Waals surface area contributed by atoms with Crippen molar-refractivity contribution in [3.8, 4) is 0 Å². The van der Waals surface area contributed by atoms with Crippen LogP contribution in [-0.2, 0) is 4.79 Å². The van der Waals surface area contributed by atoms with Crippen molar-refractivity contribution < 1.29 is 9.18 Å². The number of carbonyl (C=O) groups excluding carboxylic acids is 1. The smallest absolute Gasteiger partial charge is 0.225 e. The Balaban J connectivity index is 1.87. The van der Waals surface area contributed by atoms with Gasteiger partial charge in [0.1, 0.15) is 0 Å². The van der Waals surface area contributed by atoms with Crippen molar-refractivity contribution in [2.24, 2.45) is 11.8 Å². The van der Waals surface area contributed by atoms with Gasteiger partial charge in [0.2, 0.25) is 5.91 Å². The lowest BCUT2D eigenvalue weighted by Gasteiger charge is -2.35. The van der Waals surface area contributed by atoms with E-state index in [1.165, 1.54) is 0 Å². The van der Waals surface area contributed by atoms with Crippen LogP contribution in [0.5, 0.6) is 0 Å². The van der Waals surface area contributed by atoms with Gasteiger partial charge in [0.25, 0.3) is 0 Å². The number of likely N-dealkylation sites (tertiary alicyclic amines) is 1. The van der Waals surface area contributed by atoms with Crippen molar-refractivity contribution >= 4 is 5.91 Å². The van der Waals surface area contributed by atoms with E-state index in [0.29, 0.717) is 6.54 Å². The van der Waals surface area contributed by atoms with E-state index in [9.17, 15) is 9.18 Å². The number of hydrogen-bond acceptors (Lipinski definition) is 2. The fraction of sp³-hybridized carbons (Fsp3) is 0.917. The van der Waals surface area contributed by atoms with E-state index in [1.807, 2.05) is 4.90 Å². The van der Waals surface area contributed by atoms with Crippen LogP contribution in [0.4, 0.5) is 4.39 Å². The van der Waals surface area contributed by atoms with Crippen LogP contribution in [0.15, 0.2) is 0 Å². The third kappa shape index (κ3) is 2.73. The fourth-order valence-corrected chi connectivity index (χ4v) is 2.72. The molecule has 1 N–H and O–H groups in total. The predicted molar refractivity (Wildman–Crippen MR) is 60.9 cm³/mol. The molecule has 2 aliphatic heterocycles. The Kier molecular flexibility index (Phi) is 4.16. The lowest BCUT2D eigenvalue weighted by atomic mass is 9.93. The highest BCUT2D eigenvalue weighted by Gasteiger charge is 2.29. The molecular formula is C12H21FN2O. The van der Waals surface area contributed by atoms with Gasteiger partial charge in [0.05, 0.1) is 6.67 Å². The molecule has 0 saturated carbocycles. The molecule has 0 bridgehead atoms. The van der Waals surface area contributed by atoms with Crippen LogP contribution in [0, 0.1) is 11.8 Å². The average molecular weight is 228 g/mol. The molecule has 92 valence electrons. The van der Waals surface area contributed by atoms with Crippen molar-refractivity contribution in [2.45, 2.75) is 25.7 Å². The largest absolute Gasteiger partial charge is 0.342 e. The first-order chi connectivity index (χ1) is 7.81. The van der Waals surface area contributed by atoms with Crippen molar-refractivity contribution in [3.05, 3.63) is 0 Å². The number of amides is 1. The minimum atomic E-state index is -0.282. The van der Waals surface area contributed by atoms with E-state index >= 15 is 0 Å². The topological polar surface area (TPSA) is 32.3 Å². The van der Waals surface area contributed by atoms with Gasteiger partial charge in [0.15, 0.2) is 0 Å². The van der Waals surface area contributed by atoms with Crippen LogP contribution in [0.25, 0.3) is 0 Å². The first-order valence-corrected chi connectivity index (χ1v) is 6.36. The Hall–Kier alpha value is -0.640. The molecule has 2 heterocycles. The number of carbonyl (C=O) groups is 1. The summed E-state index contributed by atoms with van der Waals surface area (Å²) in [6.07, 6.45) is 3.78. The molecule has 1 amide bonds. The second-order valence-corrected chi connectivity index (χ2v) is 4.97. The number of piperidine rings is 2. The second-order valence-electron chi connectivity index (χ2n) is 4.97. The van der Waals surface area contributed by atoms with Crippen molar-refractivity contribution in [1.82, 2.24) is 10.2 Å². The lowest BCUT2D eigenvalue weighted by molar-refractivity contribution is -0.138. The van der Waals surface area contributed by atoms with Gasteiger partial charge in [-0.25, -0.2) is 0 Å². The molecule has 0 aliphatic carbocycles. The van der Waals surface area contributed by atoms with E-state index in [0.717, 1.165) is 45.3 Å². The van der Waals surface area contributed by atoms with Gasteiger partial charge >= 0.3 is 0 Å². The van der Waals surface area contributed by atoms with Gasteiger partial charge in [-0.1, -0.05) is 0 Å². The summed E-state index contributed by atoms with van der Waals surface area (Å²) in [6, 6.07) is 0. The second kappa shape index (κ2) is 5.62. The monoisotopic (exact) mass is 228 g/mol. The van der Waals surface area contributed by atoms with E-state index in [1.54, 1.807) is 0 Å². The summed E-state index contributed by atoms with van der Waals surface area (Å²) >= 11 is 0. The average Bonchev–Trinajstić information content (AvgIpc) is 2.39. The normalized spacial score (nSPS) is 28.1. The van der Waals surface area contributed by atoms with Gasteiger partial charge in [-0.05, 0) is 38.8 Å². The number of halogens is 1. The maximum absolute atomic E-state index is 12.6. The van der Waals surface area contributed by atoms with E-state index in [4.69, 9.17) is 0 Å². The molecule has 16 heavy (non-hydrogen) atoms. The molecule has 2 rings (SSSR count). The Labute approximate surface area is 96.4 Å². The first-order valence-electron chi connectivity index (χ1n) is 6.36. The summed E-state index contributed by atoms with van der Waals surface area (Å²) in [5, 5.41) is 3.26. The van der Waals surface area contributed by atoms with E-state index in [2.05, 4.69) is 5.32 Å². The molecule has 0 aromatic rings.